The second-order valence-corrected chi connectivity index (χ2v) is 3.94. The molecule has 0 N–H and O–H groups in total. The smallest absolute Gasteiger partial charge is 0.244 e. The number of aromatic nitrogens is 1. The van der Waals surface area contributed by atoms with Crippen molar-refractivity contribution in [1.29, 1.82) is 0 Å². The van der Waals surface area contributed by atoms with Gasteiger partial charge in [-0.25, -0.2) is 13.8 Å². The van der Waals surface area contributed by atoms with E-state index in [1.165, 1.54) is 6.20 Å². The molecule has 13 heavy (non-hydrogen) atoms. The van der Waals surface area contributed by atoms with Crippen molar-refractivity contribution in [3.8, 4) is 0 Å². The molecule has 0 unspecified atom stereocenters. The highest BCUT2D eigenvalue weighted by Gasteiger charge is 2.19. The van der Waals surface area contributed by atoms with E-state index >= 15 is 0 Å². The van der Waals surface area contributed by atoms with Gasteiger partial charge in [0.2, 0.25) is 0 Å². The Kier molecular flexibility index (Phi) is 4.12. The van der Waals surface area contributed by atoms with Crippen LogP contribution in [0, 0.1) is 3.57 Å². The van der Waals surface area contributed by atoms with Crippen LogP contribution in [0.25, 0.3) is 0 Å². The quantitative estimate of drug-likeness (QED) is 0.451. The molecule has 0 aromatic carbocycles. The van der Waals surface area contributed by atoms with Crippen molar-refractivity contribution in [2.45, 2.75) is 12.3 Å². The topological polar surface area (TPSA) is 12.9 Å². The molecule has 6 heteroatoms. The first-order valence-electron chi connectivity index (χ1n) is 3.24. The average Bonchev–Trinajstić information content (AvgIpc) is 2.04. The van der Waals surface area contributed by atoms with Gasteiger partial charge in [0.1, 0.15) is 5.15 Å². The van der Waals surface area contributed by atoms with Gasteiger partial charge in [-0.1, -0.05) is 11.6 Å². The molecule has 0 amide bonds. The number of alkyl halides is 3. The summed E-state index contributed by atoms with van der Waals surface area (Å²) in [6, 6.07) is 0. The lowest BCUT2D eigenvalue weighted by Crippen LogP contribution is -1.98. The van der Waals surface area contributed by atoms with Crippen molar-refractivity contribution in [3.05, 3.63) is 26.0 Å². The Labute approximate surface area is 97.6 Å². The highest BCUT2D eigenvalue weighted by Crippen LogP contribution is 2.32. The number of nitrogens with zero attached hydrogens (tertiary/aromatic N) is 1. The molecule has 0 bridgehead atoms. The van der Waals surface area contributed by atoms with Gasteiger partial charge < -0.3 is 0 Å². The summed E-state index contributed by atoms with van der Waals surface area (Å²) in [5, 5.41) is -0.159. The Morgan fingerprint density at radius 3 is 2.62 bits per heavy atom. The highest BCUT2D eigenvalue weighted by molar-refractivity contribution is 14.1. The fourth-order valence-electron chi connectivity index (χ4n) is 0.803. The molecule has 1 aromatic rings. The third kappa shape index (κ3) is 2.41. The van der Waals surface area contributed by atoms with E-state index in [9.17, 15) is 8.78 Å². The van der Waals surface area contributed by atoms with Gasteiger partial charge in [-0.2, -0.15) is 0 Å². The molecule has 1 heterocycles. The largest absolute Gasteiger partial charge is 0.267 e. The maximum absolute atomic E-state index is 12.4. The van der Waals surface area contributed by atoms with E-state index in [0.29, 0.717) is 9.13 Å². The molecule has 0 aliphatic rings. The molecule has 0 aliphatic heterocycles. The summed E-state index contributed by atoms with van der Waals surface area (Å²) >= 11 is 12.8. The molecule has 0 spiro atoms. The first kappa shape index (κ1) is 11.4. The Bertz CT molecular complexity index is 320. The molecule has 1 aromatic heterocycles. The van der Waals surface area contributed by atoms with Crippen molar-refractivity contribution in [1.82, 2.24) is 4.98 Å². The van der Waals surface area contributed by atoms with E-state index in [4.69, 9.17) is 23.2 Å². The van der Waals surface area contributed by atoms with Crippen LogP contribution in [0.4, 0.5) is 8.78 Å². The summed E-state index contributed by atoms with van der Waals surface area (Å²) in [6.45, 7) is 0. The number of pyridine rings is 1. The fraction of sp³-hybridized carbons (Fsp3) is 0.286. The predicted octanol–water partition coefficient (Wildman–Crippen LogP) is 4.02. The average molecular weight is 338 g/mol. The molecule has 0 atom stereocenters. The van der Waals surface area contributed by atoms with Gasteiger partial charge in [-0.15, -0.1) is 11.6 Å². The molecule has 1 nitrogen and oxygen atoms in total. The lowest BCUT2D eigenvalue weighted by atomic mass is 10.2. The zero-order chi connectivity index (χ0) is 10.0. The monoisotopic (exact) mass is 337 g/mol. The van der Waals surface area contributed by atoms with E-state index in [2.05, 4.69) is 4.98 Å². The van der Waals surface area contributed by atoms with Crippen molar-refractivity contribution in [2.24, 2.45) is 0 Å². The standard InChI is InChI=1S/C7H4Cl2F2IN/c8-1-3-2-13-6(9)4(5(3)12)7(10)11/h2,7H,1H2. The van der Waals surface area contributed by atoms with Crippen LogP contribution in [-0.2, 0) is 5.88 Å². The zero-order valence-corrected chi connectivity index (χ0v) is 9.87. The molecular weight excluding hydrogens is 334 g/mol. The van der Waals surface area contributed by atoms with Gasteiger partial charge in [0, 0.05) is 15.6 Å². The van der Waals surface area contributed by atoms with Crippen LogP contribution in [0.1, 0.15) is 17.6 Å². The third-order valence-corrected chi connectivity index (χ3v) is 3.30. The fourth-order valence-corrected chi connectivity index (χ4v) is 2.44. The molecule has 1 rings (SSSR count). The molecule has 0 saturated carbocycles. The van der Waals surface area contributed by atoms with Crippen LogP contribution in [0.2, 0.25) is 5.15 Å². The Morgan fingerprint density at radius 1 is 1.54 bits per heavy atom. The van der Waals surface area contributed by atoms with Gasteiger partial charge >= 0.3 is 0 Å². The van der Waals surface area contributed by atoms with Crippen molar-refractivity contribution in [3.63, 3.8) is 0 Å². The maximum atomic E-state index is 12.4. The van der Waals surface area contributed by atoms with Crippen LogP contribution in [-0.4, -0.2) is 4.98 Å². The van der Waals surface area contributed by atoms with Crippen LogP contribution in [0.3, 0.4) is 0 Å². The number of hydrogen-bond donors (Lipinski definition) is 0. The third-order valence-electron chi connectivity index (χ3n) is 1.44. The second-order valence-electron chi connectivity index (χ2n) is 2.24. The number of hydrogen-bond acceptors (Lipinski definition) is 1. The summed E-state index contributed by atoms with van der Waals surface area (Å²) in [5.74, 6) is 0.155. The van der Waals surface area contributed by atoms with Crippen LogP contribution < -0.4 is 0 Å². The number of halogens is 5. The molecule has 0 saturated heterocycles. The van der Waals surface area contributed by atoms with Crippen molar-refractivity contribution >= 4 is 45.8 Å². The van der Waals surface area contributed by atoms with Crippen LogP contribution >= 0.6 is 45.8 Å². The van der Waals surface area contributed by atoms with Crippen LogP contribution in [0.15, 0.2) is 6.20 Å². The minimum atomic E-state index is -2.62. The zero-order valence-electron chi connectivity index (χ0n) is 6.20. The van der Waals surface area contributed by atoms with Crippen LogP contribution in [0.5, 0.6) is 0 Å². The van der Waals surface area contributed by atoms with E-state index < -0.39 is 6.43 Å². The van der Waals surface area contributed by atoms with Crippen molar-refractivity contribution < 1.29 is 8.78 Å². The molecule has 72 valence electrons. The van der Waals surface area contributed by atoms with Gasteiger partial charge in [0.15, 0.2) is 0 Å². The Morgan fingerprint density at radius 2 is 2.15 bits per heavy atom. The van der Waals surface area contributed by atoms with E-state index in [1.807, 2.05) is 0 Å². The Hall–Kier alpha value is 0.320. The van der Waals surface area contributed by atoms with Gasteiger partial charge in [0.25, 0.3) is 6.43 Å². The molecular formula is C7H4Cl2F2IN. The lowest BCUT2D eigenvalue weighted by Gasteiger charge is -2.07. The second kappa shape index (κ2) is 4.70. The maximum Gasteiger partial charge on any atom is 0.267 e. The molecule has 0 aliphatic carbocycles. The minimum absolute atomic E-state index is 0.155. The van der Waals surface area contributed by atoms with E-state index in [0.717, 1.165) is 0 Å². The van der Waals surface area contributed by atoms with Gasteiger partial charge in [0.05, 0.1) is 5.56 Å². The predicted molar refractivity (Wildman–Crippen MR) is 56.5 cm³/mol. The lowest BCUT2D eigenvalue weighted by molar-refractivity contribution is 0.150. The van der Waals surface area contributed by atoms with E-state index in [-0.39, 0.29) is 16.6 Å². The summed E-state index contributed by atoms with van der Waals surface area (Å²) in [5.41, 5.74) is 0.336. The van der Waals surface area contributed by atoms with E-state index in [1.54, 1.807) is 22.6 Å². The summed E-state index contributed by atoms with van der Waals surface area (Å²) in [6.07, 6.45) is -1.21. The highest BCUT2D eigenvalue weighted by atomic mass is 127. The first-order valence-corrected chi connectivity index (χ1v) is 5.24. The number of rotatable bonds is 2. The SMILES string of the molecule is FC(F)c1c(Cl)ncc(CCl)c1I. The summed E-state index contributed by atoms with van der Waals surface area (Å²) < 4.78 is 25.3. The minimum Gasteiger partial charge on any atom is -0.244 e. The molecule has 0 fully saturated rings. The molecule has 0 radical (unpaired) electrons. The van der Waals surface area contributed by atoms with Gasteiger partial charge in [-0.3, -0.25) is 0 Å². The summed E-state index contributed by atoms with van der Waals surface area (Å²) in [4.78, 5) is 3.63. The first-order chi connectivity index (χ1) is 6.07. The normalized spacial score (nSPS) is 10.9. The van der Waals surface area contributed by atoms with Crippen molar-refractivity contribution in [2.75, 3.05) is 0 Å². The summed E-state index contributed by atoms with van der Waals surface area (Å²) in [7, 11) is 0. The van der Waals surface area contributed by atoms with Gasteiger partial charge in [-0.05, 0) is 28.2 Å². The Balaban J connectivity index is 3.30.